The Morgan fingerprint density at radius 1 is 1.38 bits per heavy atom. The molecule has 0 atom stereocenters. The first-order valence-electron chi connectivity index (χ1n) is 7.72. The van der Waals surface area contributed by atoms with Crippen LogP contribution < -0.4 is 4.74 Å². The number of hydrogen-bond donors (Lipinski definition) is 0. The molecule has 0 aliphatic carbocycles. The summed E-state index contributed by atoms with van der Waals surface area (Å²) >= 11 is 0. The van der Waals surface area contributed by atoms with E-state index < -0.39 is 11.5 Å². The van der Waals surface area contributed by atoms with Gasteiger partial charge in [-0.3, -0.25) is 4.79 Å². The molecule has 0 aliphatic rings. The number of amides is 1. The number of aromatic nitrogens is 2. The number of nitrogens with zero attached hydrogens (tertiary/aromatic N) is 4. The molecule has 140 valence electrons. The summed E-state index contributed by atoms with van der Waals surface area (Å²) in [5.41, 5.74) is 0.761. The van der Waals surface area contributed by atoms with Gasteiger partial charge < -0.3 is 24.3 Å². The Bertz CT molecular complexity index is 777. The molecule has 0 spiro atoms. The summed E-state index contributed by atoms with van der Waals surface area (Å²) in [6, 6.07) is 6.03. The molecule has 8 nitrogen and oxygen atoms in total. The first-order valence-corrected chi connectivity index (χ1v) is 7.72. The van der Waals surface area contributed by atoms with Crippen molar-refractivity contribution >= 4 is 11.7 Å². The van der Waals surface area contributed by atoms with Crippen LogP contribution in [0, 0.1) is 17.0 Å². The summed E-state index contributed by atoms with van der Waals surface area (Å²) in [5, 5.41) is 10.7. The van der Waals surface area contributed by atoms with Crippen LogP contribution in [0.3, 0.4) is 0 Å². The van der Waals surface area contributed by atoms with E-state index in [0.29, 0.717) is 12.4 Å². The normalized spacial score (nSPS) is 10.8. The highest BCUT2D eigenvalue weighted by Gasteiger charge is 2.17. The van der Waals surface area contributed by atoms with E-state index in [1.165, 1.54) is 23.2 Å². The highest BCUT2D eigenvalue weighted by Crippen LogP contribution is 2.16. The van der Waals surface area contributed by atoms with E-state index >= 15 is 0 Å². The molecule has 0 N–H and O–H groups in total. The van der Waals surface area contributed by atoms with E-state index in [0.717, 1.165) is 5.56 Å². The summed E-state index contributed by atoms with van der Waals surface area (Å²) in [7, 11) is 1.62. The molecule has 1 heterocycles. The topological polar surface area (TPSA) is 90.5 Å². The van der Waals surface area contributed by atoms with Crippen molar-refractivity contribution < 1.29 is 23.2 Å². The second-order valence-corrected chi connectivity index (χ2v) is 5.62. The van der Waals surface area contributed by atoms with Gasteiger partial charge in [0.1, 0.15) is 11.9 Å². The van der Waals surface area contributed by atoms with Gasteiger partial charge in [0.05, 0.1) is 0 Å². The molecule has 26 heavy (non-hydrogen) atoms. The van der Waals surface area contributed by atoms with E-state index in [9.17, 15) is 23.7 Å². The van der Waals surface area contributed by atoms with Crippen molar-refractivity contribution in [3.63, 3.8) is 0 Å². The number of nitro groups is 1. The van der Waals surface area contributed by atoms with Gasteiger partial charge in [-0.05, 0) is 27.6 Å². The van der Waals surface area contributed by atoms with Crippen LogP contribution in [0.1, 0.15) is 17.8 Å². The maximum absolute atomic E-state index is 12.2. The molecule has 0 aliphatic heterocycles. The van der Waals surface area contributed by atoms with E-state index in [-0.39, 0.29) is 30.4 Å². The summed E-state index contributed by atoms with van der Waals surface area (Å²) in [6.07, 6.45) is 1.45. The number of halogens is 2. The minimum Gasteiger partial charge on any atom is -0.435 e. The van der Waals surface area contributed by atoms with Crippen LogP contribution in [0.2, 0.25) is 0 Å². The number of ether oxygens (including phenoxy) is 1. The van der Waals surface area contributed by atoms with Crippen LogP contribution in [0.4, 0.5) is 14.6 Å². The molecular formula is C16H18F2N4O4. The van der Waals surface area contributed by atoms with Gasteiger partial charge in [-0.25, -0.2) is 0 Å². The first kappa shape index (κ1) is 19.3. The predicted molar refractivity (Wildman–Crippen MR) is 87.8 cm³/mol. The van der Waals surface area contributed by atoms with E-state index in [2.05, 4.69) is 9.72 Å². The monoisotopic (exact) mass is 368 g/mol. The molecule has 2 aromatic rings. The third-order valence-corrected chi connectivity index (χ3v) is 3.71. The van der Waals surface area contributed by atoms with Crippen LogP contribution in [0.5, 0.6) is 5.75 Å². The van der Waals surface area contributed by atoms with Crippen molar-refractivity contribution in [3.05, 3.63) is 52.0 Å². The Morgan fingerprint density at radius 3 is 2.58 bits per heavy atom. The number of carbonyl (C=O) groups excluding carboxylic acids is 1. The van der Waals surface area contributed by atoms with Crippen molar-refractivity contribution in [1.82, 2.24) is 14.5 Å². The van der Waals surface area contributed by atoms with Gasteiger partial charge in [0.25, 0.3) is 0 Å². The fraction of sp³-hybridized carbons (Fsp3) is 0.375. The van der Waals surface area contributed by atoms with Crippen LogP contribution in [-0.4, -0.2) is 38.9 Å². The first-order chi connectivity index (χ1) is 12.3. The average molecular weight is 368 g/mol. The standard InChI is InChI=1S/C16H18F2N4O4/c1-11-19-14(22(24)25)10-21(11)8-7-15(23)20(2)9-12-3-5-13(6-4-12)26-16(17)18/h3-6,10,16H,7-9H2,1-2H3. The molecule has 2 rings (SSSR count). The van der Waals surface area contributed by atoms with Gasteiger partial charge in [0.15, 0.2) is 0 Å². The predicted octanol–water partition coefficient (Wildman–Crippen LogP) is 2.75. The Hall–Kier alpha value is -3.04. The van der Waals surface area contributed by atoms with Crippen molar-refractivity contribution in [3.8, 4) is 5.75 Å². The number of aryl methyl sites for hydroxylation is 2. The minimum atomic E-state index is -2.88. The zero-order valence-electron chi connectivity index (χ0n) is 14.3. The Balaban J connectivity index is 1.88. The molecule has 0 saturated carbocycles. The highest BCUT2D eigenvalue weighted by atomic mass is 19.3. The Labute approximate surface area is 148 Å². The fourth-order valence-corrected chi connectivity index (χ4v) is 2.35. The van der Waals surface area contributed by atoms with E-state index in [4.69, 9.17) is 0 Å². The fourth-order valence-electron chi connectivity index (χ4n) is 2.35. The lowest BCUT2D eigenvalue weighted by Crippen LogP contribution is -2.27. The largest absolute Gasteiger partial charge is 0.435 e. The van der Waals surface area contributed by atoms with Gasteiger partial charge in [-0.2, -0.15) is 8.78 Å². The maximum Gasteiger partial charge on any atom is 0.387 e. The molecule has 0 unspecified atom stereocenters. The maximum atomic E-state index is 12.2. The average Bonchev–Trinajstić information content (AvgIpc) is 2.95. The van der Waals surface area contributed by atoms with Crippen LogP contribution in [0.15, 0.2) is 30.5 Å². The van der Waals surface area contributed by atoms with Gasteiger partial charge in [-0.1, -0.05) is 12.1 Å². The quantitative estimate of drug-likeness (QED) is 0.528. The molecule has 0 saturated heterocycles. The number of imidazole rings is 1. The highest BCUT2D eigenvalue weighted by molar-refractivity contribution is 5.75. The Kier molecular flexibility index (Phi) is 6.21. The zero-order chi connectivity index (χ0) is 19.3. The SMILES string of the molecule is Cc1nc([N+](=O)[O-])cn1CCC(=O)N(C)Cc1ccc(OC(F)F)cc1. The smallest absolute Gasteiger partial charge is 0.387 e. The minimum absolute atomic E-state index is 0.0508. The number of rotatable bonds is 8. The van der Waals surface area contributed by atoms with Crippen LogP contribution in [0.25, 0.3) is 0 Å². The molecular weight excluding hydrogens is 350 g/mol. The summed E-state index contributed by atoms with van der Waals surface area (Å²) in [4.78, 5) is 27.6. The zero-order valence-corrected chi connectivity index (χ0v) is 14.3. The molecule has 0 fully saturated rings. The third-order valence-electron chi connectivity index (χ3n) is 3.71. The number of benzene rings is 1. The molecule has 1 aromatic heterocycles. The van der Waals surface area contributed by atoms with Crippen LogP contribution in [-0.2, 0) is 17.9 Å². The second kappa shape index (κ2) is 8.37. The molecule has 0 radical (unpaired) electrons. The lowest BCUT2D eigenvalue weighted by Gasteiger charge is -2.17. The number of carbonyl (C=O) groups is 1. The molecule has 0 bridgehead atoms. The lowest BCUT2D eigenvalue weighted by atomic mass is 10.2. The Morgan fingerprint density at radius 2 is 2.04 bits per heavy atom. The van der Waals surface area contributed by atoms with Crippen molar-refractivity contribution in [1.29, 1.82) is 0 Å². The van der Waals surface area contributed by atoms with Crippen molar-refractivity contribution in [2.24, 2.45) is 0 Å². The van der Waals surface area contributed by atoms with Crippen molar-refractivity contribution in [2.45, 2.75) is 33.0 Å². The molecule has 1 aromatic carbocycles. The van der Waals surface area contributed by atoms with E-state index in [1.807, 2.05) is 0 Å². The summed E-state index contributed by atoms with van der Waals surface area (Å²) in [6.45, 7) is -0.675. The van der Waals surface area contributed by atoms with Crippen LogP contribution >= 0.6 is 0 Å². The summed E-state index contributed by atoms with van der Waals surface area (Å²) in [5.74, 6) is 0.0970. The van der Waals surface area contributed by atoms with Gasteiger partial charge in [0.2, 0.25) is 11.7 Å². The molecule has 10 heteroatoms. The second-order valence-electron chi connectivity index (χ2n) is 5.62. The van der Waals surface area contributed by atoms with E-state index in [1.54, 1.807) is 30.7 Å². The summed E-state index contributed by atoms with van der Waals surface area (Å²) < 4.78 is 30.1. The number of alkyl halides is 2. The van der Waals surface area contributed by atoms with Gasteiger partial charge in [0, 0.05) is 33.5 Å². The van der Waals surface area contributed by atoms with Crippen molar-refractivity contribution in [2.75, 3.05) is 7.05 Å². The van der Waals surface area contributed by atoms with Gasteiger partial charge in [-0.15, -0.1) is 0 Å². The third kappa shape index (κ3) is 5.23. The number of hydrogen-bond acceptors (Lipinski definition) is 5. The molecule has 1 amide bonds. The van der Waals surface area contributed by atoms with Gasteiger partial charge >= 0.3 is 12.4 Å². The lowest BCUT2D eigenvalue weighted by molar-refractivity contribution is -0.389.